The van der Waals surface area contributed by atoms with Crippen molar-refractivity contribution in [2.24, 2.45) is 10.9 Å². The molecule has 0 aliphatic heterocycles. The lowest BCUT2D eigenvalue weighted by Gasteiger charge is -2.09. The third-order valence-corrected chi connectivity index (χ3v) is 3.99. The summed E-state index contributed by atoms with van der Waals surface area (Å²) in [6.07, 6.45) is 0.408. The van der Waals surface area contributed by atoms with Crippen LogP contribution in [-0.4, -0.2) is 35.0 Å². The molecule has 0 saturated carbocycles. The molecule has 26 heavy (non-hydrogen) atoms. The number of aromatic nitrogens is 2. The molecule has 134 valence electrons. The zero-order valence-electron chi connectivity index (χ0n) is 13.9. The second kappa shape index (κ2) is 7.83. The van der Waals surface area contributed by atoms with Gasteiger partial charge in [-0.25, -0.2) is 9.37 Å². The lowest BCUT2D eigenvalue weighted by Crippen LogP contribution is -2.38. The first-order valence-corrected chi connectivity index (χ1v) is 8.15. The van der Waals surface area contributed by atoms with Crippen LogP contribution in [0.1, 0.15) is 17.0 Å². The summed E-state index contributed by atoms with van der Waals surface area (Å²) in [4.78, 5) is 29.5. The van der Waals surface area contributed by atoms with Crippen LogP contribution in [0.15, 0.2) is 47.6 Å². The standard InChI is InChI=1S/C18H18FN5O2/c19-13-4-1-11(2-5-13)12-3-6-15-16(9-12)24-17(23-15)18(25)21-10-14(20)7-8-22-26/h1-6,9,14H,7-8,10,20H2,(H,21,25)(H,23,24)/t14-/m1/s1. The van der Waals surface area contributed by atoms with Gasteiger partial charge in [0.25, 0.3) is 5.91 Å². The van der Waals surface area contributed by atoms with Gasteiger partial charge < -0.3 is 16.0 Å². The number of nitrogens with zero attached hydrogens (tertiary/aromatic N) is 2. The van der Waals surface area contributed by atoms with E-state index in [-0.39, 0.29) is 36.7 Å². The van der Waals surface area contributed by atoms with Crippen LogP contribution in [0.2, 0.25) is 0 Å². The summed E-state index contributed by atoms with van der Waals surface area (Å²) in [6.45, 7) is 0.347. The molecule has 4 N–H and O–H groups in total. The Balaban J connectivity index is 1.73. The van der Waals surface area contributed by atoms with Gasteiger partial charge in [0, 0.05) is 12.6 Å². The molecule has 8 heteroatoms. The highest BCUT2D eigenvalue weighted by molar-refractivity contribution is 5.94. The first kappa shape index (κ1) is 17.7. The van der Waals surface area contributed by atoms with Gasteiger partial charge in [-0.1, -0.05) is 23.4 Å². The van der Waals surface area contributed by atoms with Crippen molar-refractivity contribution in [3.05, 3.63) is 59.0 Å². The average Bonchev–Trinajstić information content (AvgIpc) is 3.08. The molecule has 1 heterocycles. The Kier molecular flexibility index (Phi) is 5.33. The fourth-order valence-electron chi connectivity index (χ4n) is 2.57. The van der Waals surface area contributed by atoms with E-state index < -0.39 is 0 Å². The first-order valence-electron chi connectivity index (χ1n) is 8.15. The molecule has 1 amide bonds. The van der Waals surface area contributed by atoms with Crippen LogP contribution in [-0.2, 0) is 0 Å². The number of rotatable bonds is 7. The Morgan fingerprint density at radius 1 is 1.23 bits per heavy atom. The fraction of sp³-hybridized carbons (Fsp3) is 0.222. The minimum Gasteiger partial charge on any atom is -0.348 e. The van der Waals surface area contributed by atoms with E-state index in [1.165, 1.54) is 12.1 Å². The molecular formula is C18H18FN5O2. The summed E-state index contributed by atoms with van der Waals surface area (Å²) in [5, 5.41) is 5.42. The van der Waals surface area contributed by atoms with Gasteiger partial charge in [0.15, 0.2) is 5.82 Å². The second-order valence-corrected chi connectivity index (χ2v) is 5.94. The lowest BCUT2D eigenvalue weighted by molar-refractivity contribution is 0.0941. The van der Waals surface area contributed by atoms with Crippen LogP contribution in [0, 0.1) is 10.7 Å². The van der Waals surface area contributed by atoms with Gasteiger partial charge in [0.05, 0.1) is 17.6 Å². The molecule has 0 aliphatic carbocycles. The van der Waals surface area contributed by atoms with Crippen molar-refractivity contribution in [2.75, 3.05) is 13.1 Å². The second-order valence-electron chi connectivity index (χ2n) is 5.94. The molecule has 0 spiro atoms. The van der Waals surface area contributed by atoms with Crippen LogP contribution in [0.25, 0.3) is 22.2 Å². The van der Waals surface area contributed by atoms with Gasteiger partial charge in [-0.3, -0.25) is 4.79 Å². The van der Waals surface area contributed by atoms with E-state index in [0.29, 0.717) is 17.5 Å². The quantitative estimate of drug-likeness (QED) is 0.565. The van der Waals surface area contributed by atoms with E-state index in [1.807, 2.05) is 12.1 Å². The van der Waals surface area contributed by atoms with Crippen molar-refractivity contribution in [1.29, 1.82) is 0 Å². The summed E-state index contributed by atoms with van der Waals surface area (Å²) >= 11 is 0. The van der Waals surface area contributed by atoms with E-state index in [4.69, 9.17) is 5.73 Å². The number of nitrogens with one attached hydrogen (secondary N) is 2. The van der Waals surface area contributed by atoms with Gasteiger partial charge in [-0.05, 0) is 41.8 Å². The van der Waals surface area contributed by atoms with Crippen molar-refractivity contribution in [3.8, 4) is 11.1 Å². The number of imidazole rings is 1. The molecule has 0 radical (unpaired) electrons. The number of carbonyl (C=O) groups excluding carboxylic acids is 1. The van der Waals surface area contributed by atoms with Crippen molar-refractivity contribution in [1.82, 2.24) is 15.3 Å². The number of aromatic amines is 1. The molecule has 3 rings (SSSR count). The Hall–Kier alpha value is -3.13. The molecule has 1 atom stereocenters. The molecule has 2 aromatic carbocycles. The molecule has 0 fully saturated rings. The van der Waals surface area contributed by atoms with Crippen LogP contribution in [0.4, 0.5) is 4.39 Å². The predicted molar refractivity (Wildman–Crippen MR) is 97.1 cm³/mol. The normalized spacial score (nSPS) is 12.1. The van der Waals surface area contributed by atoms with E-state index >= 15 is 0 Å². The van der Waals surface area contributed by atoms with Crippen molar-refractivity contribution in [2.45, 2.75) is 12.5 Å². The SMILES string of the molecule is N[C@H](CCN=O)CNC(=O)c1nc2ccc(-c3ccc(F)cc3)cc2[nH]1. The molecule has 0 bridgehead atoms. The van der Waals surface area contributed by atoms with Crippen molar-refractivity contribution in [3.63, 3.8) is 0 Å². The number of hydrogen-bond donors (Lipinski definition) is 3. The van der Waals surface area contributed by atoms with Crippen LogP contribution < -0.4 is 11.1 Å². The zero-order chi connectivity index (χ0) is 18.5. The zero-order valence-corrected chi connectivity index (χ0v) is 13.9. The predicted octanol–water partition coefficient (Wildman–Crippen LogP) is 2.58. The number of nitrogens with two attached hydrogens (primary N) is 1. The van der Waals surface area contributed by atoms with Crippen molar-refractivity contribution < 1.29 is 9.18 Å². The Labute approximate surface area is 148 Å². The number of nitroso groups, excluding NO2 is 1. The minimum absolute atomic E-state index is 0.119. The third-order valence-electron chi connectivity index (χ3n) is 3.99. The molecular weight excluding hydrogens is 337 g/mol. The summed E-state index contributed by atoms with van der Waals surface area (Å²) in [6, 6.07) is 11.3. The topological polar surface area (TPSA) is 113 Å². The van der Waals surface area contributed by atoms with Gasteiger partial charge in [-0.15, -0.1) is 0 Å². The number of fused-ring (bicyclic) bond motifs is 1. The third kappa shape index (κ3) is 4.09. The highest BCUT2D eigenvalue weighted by Crippen LogP contribution is 2.23. The van der Waals surface area contributed by atoms with Gasteiger partial charge >= 0.3 is 0 Å². The van der Waals surface area contributed by atoms with E-state index in [0.717, 1.165) is 11.1 Å². The largest absolute Gasteiger partial charge is 0.348 e. The highest BCUT2D eigenvalue weighted by atomic mass is 19.1. The monoisotopic (exact) mass is 355 g/mol. The van der Waals surface area contributed by atoms with E-state index in [1.54, 1.807) is 18.2 Å². The molecule has 3 aromatic rings. The van der Waals surface area contributed by atoms with Crippen LogP contribution in [0.5, 0.6) is 0 Å². The van der Waals surface area contributed by atoms with Gasteiger partial charge in [-0.2, -0.15) is 4.91 Å². The van der Waals surface area contributed by atoms with Crippen molar-refractivity contribution >= 4 is 16.9 Å². The Morgan fingerprint density at radius 3 is 2.69 bits per heavy atom. The maximum absolute atomic E-state index is 13.1. The number of benzene rings is 2. The molecule has 0 aliphatic rings. The molecule has 1 aromatic heterocycles. The smallest absolute Gasteiger partial charge is 0.287 e. The maximum atomic E-state index is 13.1. The minimum atomic E-state index is -0.376. The first-order chi connectivity index (χ1) is 12.6. The van der Waals surface area contributed by atoms with E-state index in [2.05, 4.69) is 20.5 Å². The fourth-order valence-corrected chi connectivity index (χ4v) is 2.57. The molecule has 0 unspecified atom stereocenters. The van der Waals surface area contributed by atoms with E-state index in [9.17, 15) is 14.1 Å². The number of hydrogen-bond acceptors (Lipinski definition) is 5. The number of H-pyrrole nitrogens is 1. The lowest BCUT2D eigenvalue weighted by atomic mass is 10.1. The Bertz CT molecular complexity index is 923. The van der Waals surface area contributed by atoms with Gasteiger partial charge in [0.1, 0.15) is 5.82 Å². The summed E-state index contributed by atoms with van der Waals surface area (Å²) in [7, 11) is 0. The number of carbonyl (C=O) groups is 1. The average molecular weight is 355 g/mol. The van der Waals surface area contributed by atoms with Crippen LogP contribution in [0.3, 0.4) is 0 Å². The molecule has 0 saturated heterocycles. The summed E-state index contributed by atoms with van der Waals surface area (Å²) in [5.74, 6) is -0.492. The summed E-state index contributed by atoms with van der Waals surface area (Å²) < 4.78 is 13.1. The number of halogens is 1. The highest BCUT2D eigenvalue weighted by Gasteiger charge is 2.13. The molecule has 7 nitrogen and oxygen atoms in total. The maximum Gasteiger partial charge on any atom is 0.287 e. The van der Waals surface area contributed by atoms with Gasteiger partial charge in [0.2, 0.25) is 0 Å². The summed E-state index contributed by atoms with van der Waals surface area (Å²) in [5.41, 5.74) is 8.88. The van der Waals surface area contributed by atoms with Crippen LogP contribution >= 0.6 is 0 Å². The number of amides is 1. The Morgan fingerprint density at radius 2 is 1.96 bits per heavy atom.